The molecule has 1 heteroatoms. The summed E-state index contributed by atoms with van der Waals surface area (Å²) in [7, 11) is 0. The first kappa shape index (κ1) is 19.1. The first-order valence-corrected chi connectivity index (χ1v) is 11.8. The van der Waals surface area contributed by atoms with Gasteiger partial charge in [-0.25, -0.2) is 0 Å². The van der Waals surface area contributed by atoms with E-state index in [0.717, 1.165) is 28.9 Å². The van der Waals surface area contributed by atoms with Crippen molar-refractivity contribution in [1.82, 2.24) is 0 Å². The molecular formula is C28H35N. The summed E-state index contributed by atoms with van der Waals surface area (Å²) in [5.41, 5.74) is 7.36. The Hall–Kier alpha value is -1.89. The minimum Gasteiger partial charge on any atom is -0.308 e. The van der Waals surface area contributed by atoms with Crippen LogP contribution in [0, 0.1) is 28.6 Å². The molecular weight excluding hydrogens is 350 g/mol. The lowest BCUT2D eigenvalue weighted by Gasteiger charge is -2.44. The molecule has 4 aliphatic carbocycles. The minimum atomic E-state index is 0.368. The fourth-order valence-corrected chi connectivity index (χ4v) is 7.30. The van der Waals surface area contributed by atoms with E-state index < -0.39 is 0 Å². The van der Waals surface area contributed by atoms with Crippen LogP contribution in [0.15, 0.2) is 48.1 Å². The lowest BCUT2D eigenvalue weighted by Crippen LogP contribution is -2.35. The third-order valence-electron chi connectivity index (χ3n) is 8.97. The Labute approximate surface area is 176 Å². The summed E-state index contributed by atoms with van der Waals surface area (Å²) in [5, 5.41) is 7.80. The van der Waals surface area contributed by atoms with Crippen LogP contribution in [0.3, 0.4) is 0 Å². The summed E-state index contributed by atoms with van der Waals surface area (Å²) in [6.07, 6.45) is 20.9. The molecule has 0 aliphatic heterocycles. The Balaban J connectivity index is 1.46. The Bertz CT molecular complexity index is 888. The van der Waals surface area contributed by atoms with Crippen molar-refractivity contribution in [3.63, 3.8) is 0 Å². The lowest BCUT2D eigenvalue weighted by atomic mass is 9.60. The average Bonchev–Trinajstić information content (AvgIpc) is 3.13. The van der Waals surface area contributed by atoms with Crippen LogP contribution in [0.2, 0.25) is 0 Å². The second kappa shape index (κ2) is 7.42. The highest BCUT2D eigenvalue weighted by molar-refractivity contribution is 5.83. The van der Waals surface area contributed by atoms with Gasteiger partial charge in [0.25, 0.3) is 0 Å². The molecule has 0 radical (unpaired) electrons. The van der Waals surface area contributed by atoms with Crippen LogP contribution >= 0.6 is 0 Å². The highest BCUT2D eigenvalue weighted by Gasteiger charge is 2.50. The summed E-state index contributed by atoms with van der Waals surface area (Å²) in [6.45, 7) is 6.50. The molecule has 5 rings (SSSR count). The number of benzene rings is 1. The van der Waals surface area contributed by atoms with Gasteiger partial charge in [-0.15, -0.1) is 0 Å². The van der Waals surface area contributed by atoms with E-state index in [0.29, 0.717) is 11.3 Å². The molecule has 1 nitrogen and oxygen atoms in total. The van der Waals surface area contributed by atoms with Crippen LogP contribution in [0.1, 0.15) is 87.3 Å². The largest absolute Gasteiger partial charge is 0.308 e. The van der Waals surface area contributed by atoms with Crippen LogP contribution in [0.4, 0.5) is 0 Å². The monoisotopic (exact) mass is 385 g/mol. The fourth-order valence-electron chi connectivity index (χ4n) is 7.30. The Kier molecular flexibility index (Phi) is 4.88. The third-order valence-corrected chi connectivity index (χ3v) is 8.97. The Morgan fingerprint density at radius 2 is 2.00 bits per heavy atom. The second-order valence-electron chi connectivity index (χ2n) is 10.2. The zero-order valence-electron chi connectivity index (χ0n) is 17.9. The van der Waals surface area contributed by atoms with Gasteiger partial charge in [0.05, 0.1) is 0 Å². The summed E-state index contributed by atoms with van der Waals surface area (Å²) in [5.74, 6) is 3.08. The molecule has 0 amide bonds. The minimum absolute atomic E-state index is 0.368. The van der Waals surface area contributed by atoms with E-state index in [1.54, 1.807) is 11.1 Å². The van der Waals surface area contributed by atoms with Crippen molar-refractivity contribution >= 4 is 12.3 Å². The number of nitrogens with one attached hydrogen (secondary N) is 1. The first-order chi connectivity index (χ1) is 14.1. The van der Waals surface area contributed by atoms with E-state index in [9.17, 15) is 0 Å². The number of allylic oxidation sites excluding steroid dienone is 4. The quantitative estimate of drug-likeness (QED) is 0.516. The van der Waals surface area contributed by atoms with Gasteiger partial charge in [0, 0.05) is 6.21 Å². The van der Waals surface area contributed by atoms with Gasteiger partial charge in [0.15, 0.2) is 0 Å². The Morgan fingerprint density at radius 3 is 2.83 bits per heavy atom. The standard InChI is InChI=1S/C28H35N/c1-3-19-8-9-22(16-23(19)18-29)25-12-13-27-26(25)11-10-24-17-21-7-5-4-6-20(21)14-15-28(24,27)2/h3,8-10,16-18,20,25-27,29H,1,4-7,11-15H2,2H3/t20?,25?,26?,27?,28-/m0/s1. The predicted molar refractivity (Wildman–Crippen MR) is 123 cm³/mol. The molecule has 2 fully saturated rings. The molecule has 1 aromatic rings. The molecule has 1 aromatic carbocycles. The van der Waals surface area contributed by atoms with E-state index in [2.05, 4.69) is 43.9 Å². The SMILES string of the molecule is C=Cc1ccc(C2CCC3C2CC=C2C=C4CCCCC4CC[C@@]23C)cc1C=N. The number of fused-ring (bicyclic) bond motifs is 4. The number of rotatable bonds is 3. The van der Waals surface area contributed by atoms with E-state index in [4.69, 9.17) is 5.41 Å². The molecule has 29 heavy (non-hydrogen) atoms. The van der Waals surface area contributed by atoms with Crippen molar-refractivity contribution in [1.29, 1.82) is 5.41 Å². The molecule has 0 heterocycles. The molecule has 2 saturated carbocycles. The first-order valence-electron chi connectivity index (χ1n) is 11.8. The molecule has 4 unspecified atom stereocenters. The normalized spacial score (nSPS) is 36.0. The van der Waals surface area contributed by atoms with E-state index in [1.807, 2.05) is 6.08 Å². The average molecular weight is 386 g/mol. The number of hydrogen-bond acceptors (Lipinski definition) is 1. The van der Waals surface area contributed by atoms with Gasteiger partial charge in [0.2, 0.25) is 0 Å². The molecule has 0 bridgehead atoms. The second-order valence-corrected chi connectivity index (χ2v) is 10.2. The van der Waals surface area contributed by atoms with Crippen molar-refractivity contribution in [2.75, 3.05) is 0 Å². The van der Waals surface area contributed by atoms with Crippen LogP contribution in [-0.2, 0) is 0 Å². The van der Waals surface area contributed by atoms with E-state index >= 15 is 0 Å². The molecule has 1 N–H and O–H groups in total. The predicted octanol–water partition coefficient (Wildman–Crippen LogP) is 7.68. The third kappa shape index (κ3) is 3.09. The molecule has 0 spiro atoms. The number of hydrogen-bond donors (Lipinski definition) is 1. The van der Waals surface area contributed by atoms with Crippen molar-refractivity contribution in [3.8, 4) is 0 Å². The van der Waals surface area contributed by atoms with Gasteiger partial charge in [-0.1, -0.05) is 55.9 Å². The topological polar surface area (TPSA) is 23.9 Å². The van der Waals surface area contributed by atoms with Crippen molar-refractivity contribution in [2.45, 2.75) is 70.6 Å². The zero-order chi connectivity index (χ0) is 20.0. The molecule has 152 valence electrons. The van der Waals surface area contributed by atoms with Crippen LogP contribution in [0.5, 0.6) is 0 Å². The van der Waals surface area contributed by atoms with Crippen molar-refractivity contribution in [2.24, 2.45) is 23.2 Å². The summed E-state index contributed by atoms with van der Waals surface area (Å²) in [6, 6.07) is 6.74. The van der Waals surface area contributed by atoms with E-state index in [1.165, 1.54) is 69.6 Å². The van der Waals surface area contributed by atoms with Gasteiger partial charge in [-0.05, 0) is 109 Å². The molecule has 5 atom stereocenters. The van der Waals surface area contributed by atoms with Gasteiger partial charge in [0.1, 0.15) is 0 Å². The highest BCUT2D eigenvalue weighted by atomic mass is 14.5. The summed E-state index contributed by atoms with van der Waals surface area (Å²) >= 11 is 0. The highest BCUT2D eigenvalue weighted by Crippen LogP contribution is 2.61. The van der Waals surface area contributed by atoms with Crippen molar-refractivity contribution < 1.29 is 0 Å². The van der Waals surface area contributed by atoms with Crippen LogP contribution < -0.4 is 0 Å². The summed E-state index contributed by atoms with van der Waals surface area (Å²) in [4.78, 5) is 0. The maximum Gasteiger partial charge on any atom is 0.0256 e. The molecule has 0 aromatic heterocycles. The fraction of sp³-hybridized carbons (Fsp3) is 0.536. The summed E-state index contributed by atoms with van der Waals surface area (Å²) < 4.78 is 0. The van der Waals surface area contributed by atoms with E-state index in [-0.39, 0.29) is 0 Å². The maximum absolute atomic E-state index is 7.80. The lowest BCUT2D eigenvalue weighted by molar-refractivity contribution is 0.147. The zero-order valence-corrected chi connectivity index (χ0v) is 17.9. The smallest absolute Gasteiger partial charge is 0.0256 e. The van der Waals surface area contributed by atoms with Gasteiger partial charge in [-0.3, -0.25) is 0 Å². The maximum atomic E-state index is 7.80. The van der Waals surface area contributed by atoms with Crippen molar-refractivity contribution in [3.05, 3.63) is 64.8 Å². The molecule has 4 aliphatic rings. The van der Waals surface area contributed by atoms with Gasteiger partial charge in [-0.2, -0.15) is 0 Å². The van der Waals surface area contributed by atoms with Crippen LogP contribution in [0.25, 0.3) is 6.08 Å². The van der Waals surface area contributed by atoms with Gasteiger partial charge < -0.3 is 5.41 Å². The molecule has 0 saturated heterocycles. The van der Waals surface area contributed by atoms with Crippen LogP contribution in [-0.4, -0.2) is 6.21 Å². The Morgan fingerprint density at radius 1 is 1.10 bits per heavy atom. The van der Waals surface area contributed by atoms with Gasteiger partial charge >= 0.3 is 0 Å².